The van der Waals surface area contributed by atoms with Gasteiger partial charge in [0.25, 0.3) is 10.0 Å². The number of pyridine rings is 1. The molecule has 0 amide bonds. The predicted octanol–water partition coefficient (Wildman–Crippen LogP) is 2.82. The van der Waals surface area contributed by atoms with E-state index in [0.717, 1.165) is 17.3 Å². The number of halogens is 1. The van der Waals surface area contributed by atoms with Crippen molar-refractivity contribution in [3.05, 3.63) is 54.4 Å². The molecule has 0 aliphatic heterocycles. The van der Waals surface area contributed by atoms with Crippen LogP contribution in [0.2, 0.25) is 0 Å². The molecular weight excluding hydrogens is 328 g/mol. The zero-order valence-corrected chi connectivity index (χ0v) is 12.5. The molecule has 100 valence electrons. The van der Waals surface area contributed by atoms with Gasteiger partial charge in [0.2, 0.25) is 0 Å². The maximum Gasteiger partial charge on any atom is 0.263 e. The summed E-state index contributed by atoms with van der Waals surface area (Å²) in [6, 6.07) is 10.4. The molecular formula is C13H13BrN2O2S. The molecule has 0 saturated carbocycles. The van der Waals surface area contributed by atoms with Gasteiger partial charge in [-0.05, 0) is 36.2 Å². The maximum absolute atomic E-state index is 12.1. The maximum atomic E-state index is 12.1. The second-order valence-corrected chi connectivity index (χ2v) is 6.41. The topological polar surface area (TPSA) is 59.1 Å². The first-order valence-electron chi connectivity index (χ1n) is 5.69. The van der Waals surface area contributed by atoms with Gasteiger partial charge in [0.05, 0.1) is 0 Å². The van der Waals surface area contributed by atoms with Crippen molar-refractivity contribution in [2.24, 2.45) is 0 Å². The molecule has 0 aliphatic carbocycles. The van der Waals surface area contributed by atoms with E-state index in [1.54, 1.807) is 18.2 Å². The molecule has 2 rings (SSSR count). The van der Waals surface area contributed by atoms with Crippen molar-refractivity contribution in [2.45, 2.75) is 11.3 Å². The molecule has 1 N–H and O–H groups in total. The fraction of sp³-hybridized carbons (Fsp3) is 0.154. The molecule has 0 fully saturated rings. The van der Waals surface area contributed by atoms with Gasteiger partial charge in [-0.15, -0.1) is 0 Å². The average Bonchev–Trinajstić information content (AvgIpc) is 2.42. The van der Waals surface area contributed by atoms with Crippen molar-refractivity contribution in [3.63, 3.8) is 0 Å². The summed E-state index contributed by atoms with van der Waals surface area (Å²) in [6.07, 6.45) is 3.77. The first kappa shape index (κ1) is 14.0. The summed E-state index contributed by atoms with van der Waals surface area (Å²) in [4.78, 5) is 3.96. The molecule has 1 aromatic heterocycles. The third-order valence-corrected chi connectivity index (χ3v) is 4.30. The molecule has 1 heterocycles. The summed E-state index contributed by atoms with van der Waals surface area (Å²) in [5.74, 6) is 0. The van der Waals surface area contributed by atoms with E-state index in [0.29, 0.717) is 5.69 Å². The first-order valence-corrected chi connectivity index (χ1v) is 8.30. The second kappa shape index (κ2) is 6.16. The minimum absolute atomic E-state index is 0.152. The lowest BCUT2D eigenvalue weighted by Gasteiger charge is -2.08. The van der Waals surface area contributed by atoms with Gasteiger partial charge in [-0.1, -0.05) is 28.1 Å². The van der Waals surface area contributed by atoms with E-state index in [2.05, 4.69) is 25.6 Å². The number of alkyl halides is 1. The number of sulfonamides is 1. The van der Waals surface area contributed by atoms with E-state index in [1.807, 2.05) is 12.1 Å². The van der Waals surface area contributed by atoms with E-state index >= 15 is 0 Å². The molecule has 0 radical (unpaired) electrons. The fourth-order valence-electron chi connectivity index (χ4n) is 1.57. The lowest BCUT2D eigenvalue weighted by molar-refractivity contribution is 0.601. The highest BCUT2D eigenvalue weighted by molar-refractivity contribution is 9.09. The number of aromatic nitrogens is 1. The molecule has 4 nitrogen and oxygen atoms in total. The number of nitrogens with zero attached hydrogens (tertiary/aromatic N) is 1. The van der Waals surface area contributed by atoms with Crippen molar-refractivity contribution in [1.29, 1.82) is 0 Å². The van der Waals surface area contributed by atoms with E-state index in [9.17, 15) is 8.42 Å². The summed E-state index contributed by atoms with van der Waals surface area (Å²) >= 11 is 3.37. The number of benzene rings is 1. The number of hydrogen-bond acceptors (Lipinski definition) is 3. The predicted molar refractivity (Wildman–Crippen MR) is 79.0 cm³/mol. The van der Waals surface area contributed by atoms with Gasteiger partial charge < -0.3 is 0 Å². The Morgan fingerprint density at radius 1 is 1.16 bits per heavy atom. The van der Waals surface area contributed by atoms with E-state index in [4.69, 9.17) is 0 Å². The van der Waals surface area contributed by atoms with Gasteiger partial charge in [0, 0.05) is 23.4 Å². The summed E-state index contributed by atoms with van der Waals surface area (Å²) in [7, 11) is -3.56. The smallest absolute Gasteiger partial charge is 0.263 e. The highest BCUT2D eigenvalue weighted by atomic mass is 79.9. The Bertz CT molecular complexity index is 627. The largest absolute Gasteiger partial charge is 0.280 e. The van der Waals surface area contributed by atoms with Crippen LogP contribution in [0.25, 0.3) is 0 Å². The van der Waals surface area contributed by atoms with E-state index in [1.165, 1.54) is 18.5 Å². The highest BCUT2D eigenvalue weighted by Gasteiger charge is 2.13. The number of nitrogens with one attached hydrogen (secondary N) is 1. The molecule has 0 unspecified atom stereocenters. The Balaban J connectivity index is 2.17. The van der Waals surface area contributed by atoms with Crippen LogP contribution in [0.15, 0.2) is 53.7 Å². The van der Waals surface area contributed by atoms with Gasteiger partial charge in [-0.25, -0.2) is 8.42 Å². The molecule has 19 heavy (non-hydrogen) atoms. The lowest BCUT2D eigenvalue weighted by Crippen LogP contribution is -2.13. The van der Waals surface area contributed by atoms with Gasteiger partial charge >= 0.3 is 0 Å². The van der Waals surface area contributed by atoms with Crippen molar-refractivity contribution in [2.75, 3.05) is 10.1 Å². The monoisotopic (exact) mass is 340 g/mol. The average molecular weight is 341 g/mol. The fourth-order valence-corrected chi connectivity index (χ4v) is 3.05. The summed E-state index contributed by atoms with van der Waals surface area (Å²) in [5, 5.41) is 0.883. The SMILES string of the molecule is O=S(=O)(Nc1ccc(CCBr)cc1)c1cccnc1. The molecule has 0 saturated heterocycles. The molecule has 2 aromatic rings. The van der Waals surface area contributed by atoms with Crippen LogP contribution < -0.4 is 4.72 Å². The van der Waals surface area contributed by atoms with Crippen LogP contribution >= 0.6 is 15.9 Å². The minimum Gasteiger partial charge on any atom is -0.280 e. The molecule has 0 atom stereocenters. The van der Waals surface area contributed by atoms with Crippen LogP contribution in [0, 0.1) is 0 Å². The van der Waals surface area contributed by atoms with Crippen LogP contribution in [-0.4, -0.2) is 18.7 Å². The van der Waals surface area contributed by atoms with Gasteiger partial charge in [0.1, 0.15) is 4.90 Å². The third-order valence-electron chi connectivity index (χ3n) is 2.53. The van der Waals surface area contributed by atoms with Crippen LogP contribution in [0.4, 0.5) is 5.69 Å². The molecule has 0 bridgehead atoms. The Morgan fingerprint density at radius 2 is 1.89 bits per heavy atom. The summed E-state index contributed by atoms with van der Waals surface area (Å²) in [5.41, 5.74) is 1.70. The van der Waals surface area contributed by atoms with Crippen molar-refractivity contribution < 1.29 is 8.42 Å². The zero-order chi connectivity index (χ0) is 13.7. The van der Waals surface area contributed by atoms with Crippen LogP contribution in [0.3, 0.4) is 0 Å². The van der Waals surface area contributed by atoms with Crippen LogP contribution in [-0.2, 0) is 16.4 Å². The first-order chi connectivity index (χ1) is 9.12. The Hall–Kier alpha value is -1.40. The molecule has 1 aromatic carbocycles. The highest BCUT2D eigenvalue weighted by Crippen LogP contribution is 2.16. The minimum atomic E-state index is -3.56. The Morgan fingerprint density at radius 3 is 2.47 bits per heavy atom. The van der Waals surface area contributed by atoms with Crippen LogP contribution in [0.1, 0.15) is 5.56 Å². The molecule has 6 heteroatoms. The van der Waals surface area contributed by atoms with Gasteiger partial charge in [-0.3, -0.25) is 9.71 Å². The summed E-state index contributed by atoms with van der Waals surface area (Å²) in [6.45, 7) is 0. The number of anilines is 1. The number of rotatable bonds is 5. The van der Waals surface area contributed by atoms with Crippen molar-refractivity contribution in [3.8, 4) is 0 Å². The normalized spacial score (nSPS) is 11.2. The van der Waals surface area contributed by atoms with Gasteiger partial charge in [-0.2, -0.15) is 0 Å². The summed E-state index contributed by atoms with van der Waals surface area (Å²) < 4.78 is 26.6. The van der Waals surface area contributed by atoms with Crippen molar-refractivity contribution >= 4 is 31.6 Å². The number of aryl methyl sites for hydroxylation is 1. The van der Waals surface area contributed by atoms with E-state index in [-0.39, 0.29) is 4.90 Å². The Labute approximate surface area is 121 Å². The van der Waals surface area contributed by atoms with E-state index < -0.39 is 10.0 Å². The quantitative estimate of drug-likeness (QED) is 0.851. The standard InChI is InChI=1S/C13H13BrN2O2S/c14-8-7-11-3-5-12(6-4-11)16-19(17,18)13-2-1-9-15-10-13/h1-6,9-10,16H,7-8H2. The zero-order valence-electron chi connectivity index (χ0n) is 10.1. The lowest BCUT2D eigenvalue weighted by atomic mass is 10.2. The molecule has 0 aliphatic rings. The Kier molecular flexibility index (Phi) is 4.55. The molecule has 0 spiro atoms. The van der Waals surface area contributed by atoms with Crippen LogP contribution in [0.5, 0.6) is 0 Å². The third kappa shape index (κ3) is 3.78. The van der Waals surface area contributed by atoms with Gasteiger partial charge in [0.15, 0.2) is 0 Å². The second-order valence-electron chi connectivity index (χ2n) is 3.93. The van der Waals surface area contributed by atoms with Crippen molar-refractivity contribution in [1.82, 2.24) is 4.98 Å². The number of hydrogen-bond donors (Lipinski definition) is 1.